The van der Waals surface area contributed by atoms with Gasteiger partial charge in [0.1, 0.15) is 24.2 Å². The first kappa shape index (κ1) is 24.1. The molecule has 1 aliphatic rings. The molecule has 0 amide bonds. The first-order chi connectivity index (χ1) is 15.1. The second-order valence-electron chi connectivity index (χ2n) is 7.47. The van der Waals surface area contributed by atoms with Crippen LogP contribution in [0.4, 0.5) is 4.39 Å². The minimum Gasteiger partial charge on any atom is -0.491 e. The second-order valence-corrected chi connectivity index (χ2v) is 8.58. The topological polar surface area (TPSA) is 49.8 Å². The fraction of sp³-hybridized carbons (Fsp3) is 0.240. The number of aliphatic carboxylic acids is 1. The molecule has 168 valence electrons. The molecule has 3 aromatic rings. The molecule has 1 saturated heterocycles. The summed E-state index contributed by atoms with van der Waals surface area (Å²) in [6, 6.07) is 22.1. The zero-order valence-corrected chi connectivity index (χ0v) is 19.1. The van der Waals surface area contributed by atoms with Crippen LogP contribution in [0.3, 0.4) is 0 Å². The van der Waals surface area contributed by atoms with Gasteiger partial charge in [0.05, 0.1) is 4.90 Å². The number of rotatable bonds is 8. The Morgan fingerprint density at radius 2 is 1.88 bits per heavy atom. The average Bonchev–Trinajstić information content (AvgIpc) is 3.24. The number of carbonyl (C=O) groups is 1. The Balaban J connectivity index is 0.00000289. The number of carboxylic acids is 1. The highest BCUT2D eigenvalue weighted by molar-refractivity contribution is 7.99. The predicted molar refractivity (Wildman–Crippen MR) is 127 cm³/mol. The van der Waals surface area contributed by atoms with E-state index in [9.17, 15) is 14.3 Å². The molecule has 4 rings (SSSR count). The molecular weight excluding hydrogens is 449 g/mol. The lowest BCUT2D eigenvalue weighted by molar-refractivity contribution is -0.142. The Hall–Kier alpha value is -2.54. The third kappa shape index (κ3) is 6.03. The maximum absolute atomic E-state index is 13.7. The fourth-order valence-corrected chi connectivity index (χ4v) is 4.81. The lowest BCUT2D eigenvalue weighted by Gasteiger charge is -2.21. The number of halogens is 2. The van der Waals surface area contributed by atoms with Crippen LogP contribution in [0, 0.1) is 5.82 Å². The molecule has 0 radical (unpaired) electrons. The Bertz CT molecular complexity index is 1050. The Morgan fingerprint density at radius 3 is 2.62 bits per heavy atom. The van der Waals surface area contributed by atoms with E-state index >= 15 is 0 Å². The number of carboxylic acid groups (broad SMARTS) is 1. The molecule has 0 aromatic heterocycles. The zero-order valence-electron chi connectivity index (χ0n) is 17.4. The average molecular weight is 474 g/mol. The normalized spacial score (nSPS) is 15.8. The summed E-state index contributed by atoms with van der Waals surface area (Å²) >= 11 is 1.45. The molecule has 0 saturated carbocycles. The summed E-state index contributed by atoms with van der Waals surface area (Å²) in [5, 5.41) is 9.35. The third-order valence-corrected chi connectivity index (χ3v) is 6.39. The van der Waals surface area contributed by atoms with Crippen LogP contribution in [-0.2, 0) is 4.79 Å². The molecule has 32 heavy (non-hydrogen) atoms. The minimum atomic E-state index is -0.771. The van der Waals surface area contributed by atoms with Crippen LogP contribution in [0.15, 0.2) is 82.6 Å². The van der Waals surface area contributed by atoms with Crippen LogP contribution in [-0.4, -0.2) is 41.7 Å². The highest BCUT2D eigenvalue weighted by Gasteiger charge is 2.30. The molecule has 0 aliphatic carbocycles. The van der Waals surface area contributed by atoms with E-state index in [4.69, 9.17) is 4.74 Å². The predicted octanol–water partition coefficient (Wildman–Crippen LogP) is 5.99. The van der Waals surface area contributed by atoms with Gasteiger partial charge in [0.25, 0.3) is 0 Å². The van der Waals surface area contributed by atoms with E-state index in [1.165, 1.54) is 23.9 Å². The van der Waals surface area contributed by atoms with Crippen molar-refractivity contribution in [3.05, 3.63) is 78.6 Å². The summed E-state index contributed by atoms with van der Waals surface area (Å²) in [4.78, 5) is 15.0. The molecule has 1 heterocycles. The van der Waals surface area contributed by atoms with Gasteiger partial charge in [-0.2, -0.15) is 0 Å². The van der Waals surface area contributed by atoms with E-state index in [2.05, 4.69) is 6.07 Å². The van der Waals surface area contributed by atoms with Crippen LogP contribution in [0.25, 0.3) is 11.1 Å². The number of hydrogen-bond acceptors (Lipinski definition) is 4. The summed E-state index contributed by atoms with van der Waals surface area (Å²) in [6.45, 7) is 1.73. The van der Waals surface area contributed by atoms with E-state index in [0.717, 1.165) is 33.9 Å². The standard InChI is InChI=1S/C25H24FNO3S.ClH/c26-20-8-4-9-21(17-20)31-24-16-19(18-6-2-1-3-7-18)11-12-23(24)30-15-14-27-13-5-10-22(27)25(28)29;/h1-4,6-9,11-12,16-17,22H,5,10,13-15H2,(H,28,29);1H. The Kier molecular flexibility index (Phi) is 8.56. The second kappa shape index (κ2) is 11.4. The number of nitrogens with zero attached hydrogens (tertiary/aromatic N) is 1. The summed E-state index contributed by atoms with van der Waals surface area (Å²) in [7, 11) is 0. The summed E-state index contributed by atoms with van der Waals surface area (Å²) in [5.74, 6) is -0.340. The van der Waals surface area contributed by atoms with Gasteiger partial charge in [0.2, 0.25) is 0 Å². The third-order valence-electron chi connectivity index (χ3n) is 5.36. The molecule has 1 fully saturated rings. The maximum atomic E-state index is 13.7. The van der Waals surface area contributed by atoms with Crippen LogP contribution in [0.2, 0.25) is 0 Å². The lowest BCUT2D eigenvalue weighted by atomic mass is 10.1. The molecule has 0 bridgehead atoms. The molecule has 0 spiro atoms. The van der Waals surface area contributed by atoms with Gasteiger partial charge in [-0.25, -0.2) is 4.39 Å². The molecule has 3 aromatic carbocycles. The van der Waals surface area contributed by atoms with Crippen molar-refractivity contribution in [2.75, 3.05) is 19.7 Å². The van der Waals surface area contributed by atoms with Crippen molar-refractivity contribution >= 4 is 30.1 Å². The van der Waals surface area contributed by atoms with Gasteiger partial charge in [0, 0.05) is 11.4 Å². The van der Waals surface area contributed by atoms with Gasteiger partial charge in [-0.05, 0) is 60.8 Å². The SMILES string of the molecule is Cl.O=C(O)C1CCCN1CCOc1ccc(-c2ccccc2)cc1Sc1cccc(F)c1. The van der Waals surface area contributed by atoms with E-state index in [1.54, 1.807) is 6.07 Å². The van der Waals surface area contributed by atoms with Crippen molar-refractivity contribution in [1.29, 1.82) is 0 Å². The van der Waals surface area contributed by atoms with Gasteiger partial charge in [0.15, 0.2) is 0 Å². The number of ether oxygens (including phenoxy) is 1. The van der Waals surface area contributed by atoms with Crippen molar-refractivity contribution < 1.29 is 19.0 Å². The molecule has 4 nitrogen and oxygen atoms in total. The Labute approximate surface area is 197 Å². The maximum Gasteiger partial charge on any atom is 0.320 e. The summed E-state index contributed by atoms with van der Waals surface area (Å²) in [5.41, 5.74) is 2.15. The first-order valence-electron chi connectivity index (χ1n) is 10.3. The first-order valence-corrected chi connectivity index (χ1v) is 11.1. The minimum absolute atomic E-state index is 0. The number of benzene rings is 3. The summed E-state index contributed by atoms with van der Waals surface area (Å²) in [6.07, 6.45) is 1.57. The van der Waals surface area contributed by atoms with E-state index in [0.29, 0.717) is 25.3 Å². The molecule has 1 aliphatic heterocycles. The van der Waals surface area contributed by atoms with Crippen molar-refractivity contribution in [3.63, 3.8) is 0 Å². The fourth-order valence-electron chi connectivity index (χ4n) is 3.82. The van der Waals surface area contributed by atoms with Crippen molar-refractivity contribution in [2.24, 2.45) is 0 Å². The van der Waals surface area contributed by atoms with E-state index in [-0.39, 0.29) is 18.2 Å². The van der Waals surface area contributed by atoms with Crippen molar-refractivity contribution in [2.45, 2.75) is 28.7 Å². The van der Waals surface area contributed by atoms with Crippen molar-refractivity contribution in [1.82, 2.24) is 4.90 Å². The summed E-state index contributed by atoms with van der Waals surface area (Å²) < 4.78 is 19.8. The molecular formula is C25H25ClFNO3S. The van der Waals surface area contributed by atoms with Gasteiger partial charge < -0.3 is 9.84 Å². The quantitative estimate of drug-likeness (QED) is 0.435. The van der Waals surface area contributed by atoms with Crippen LogP contribution in [0.5, 0.6) is 5.75 Å². The highest BCUT2D eigenvalue weighted by atomic mass is 35.5. The number of likely N-dealkylation sites (tertiary alicyclic amines) is 1. The van der Waals surface area contributed by atoms with Gasteiger partial charge in [-0.3, -0.25) is 9.69 Å². The molecule has 1 unspecified atom stereocenters. The van der Waals surface area contributed by atoms with Gasteiger partial charge in [-0.15, -0.1) is 12.4 Å². The lowest BCUT2D eigenvalue weighted by Crippen LogP contribution is -2.38. The number of hydrogen-bond donors (Lipinski definition) is 1. The molecule has 1 N–H and O–H groups in total. The van der Waals surface area contributed by atoms with Crippen LogP contribution < -0.4 is 4.74 Å². The monoisotopic (exact) mass is 473 g/mol. The van der Waals surface area contributed by atoms with Crippen LogP contribution in [0.1, 0.15) is 12.8 Å². The smallest absolute Gasteiger partial charge is 0.320 e. The largest absolute Gasteiger partial charge is 0.491 e. The van der Waals surface area contributed by atoms with Crippen LogP contribution >= 0.6 is 24.2 Å². The van der Waals surface area contributed by atoms with Gasteiger partial charge in [-0.1, -0.05) is 54.2 Å². The van der Waals surface area contributed by atoms with E-state index in [1.807, 2.05) is 53.4 Å². The zero-order chi connectivity index (χ0) is 21.6. The van der Waals surface area contributed by atoms with Gasteiger partial charge >= 0.3 is 5.97 Å². The highest BCUT2D eigenvalue weighted by Crippen LogP contribution is 2.38. The Morgan fingerprint density at radius 1 is 1.06 bits per heavy atom. The van der Waals surface area contributed by atoms with E-state index < -0.39 is 12.0 Å². The van der Waals surface area contributed by atoms with Crippen molar-refractivity contribution in [3.8, 4) is 16.9 Å². The molecule has 1 atom stereocenters. The molecule has 7 heteroatoms.